The Hall–Kier alpha value is -4.07. The zero-order valence-corrected chi connectivity index (χ0v) is 20.3. The molecule has 0 spiro atoms. The maximum absolute atomic E-state index is 12.5. The monoisotopic (exact) mass is 490 g/mol. The van der Waals surface area contributed by atoms with Gasteiger partial charge in [0.2, 0.25) is 5.91 Å². The average molecular weight is 491 g/mol. The number of ether oxygens (including phenoxy) is 2. The summed E-state index contributed by atoms with van der Waals surface area (Å²) in [6.45, 7) is 0.628. The van der Waals surface area contributed by atoms with Gasteiger partial charge in [0.05, 0.1) is 13.5 Å². The Morgan fingerprint density at radius 2 is 1.69 bits per heavy atom. The Morgan fingerprint density at radius 1 is 0.972 bits per heavy atom. The number of hydrogen-bond donors (Lipinski definition) is 1. The van der Waals surface area contributed by atoms with E-state index in [4.69, 9.17) is 13.9 Å². The first-order valence-corrected chi connectivity index (χ1v) is 12.0. The Labute approximate surface area is 210 Å². The van der Waals surface area contributed by atoms with Gasteiger partial charge in [0.25, 0.3) is 5.91 Å². The lowest BCUT2D eigenvalue weighted by atomic mass is 9.95. The fourth-order valence-electron chi connectivity index (χ4n) is 4.11. The van der Waals surface area contributed by atoms with Crippen molar-refractivity contribution in [2.45, 2.75) is 25.7 Å². The van der Waals surface area contributed by atoms with Crippen molar-refractivity contribution in [3.8, 4) is 17.1 Å². The number of piperidine rings is 1. The Kier molecular flexibility index (Phi) is 8.39. The van der Waals surface area contributed by atoms with E-state index in [9.17, 15) is 14.4 Å². The van der Waals surface area contributed by atoms with Gasteiger partial charge in [-0.25, -0.2) is 0 Å². The molecule has 0 radical (unpaired) electrons. The van der Waals surface area contributed by atoms with Crippen LogP contribution in [0.3, 0.4) is 0 Å². The van der Waals surface area contributed by atoms with Crippen molar-refractivity contribution >= 4 is 23.5 Å². The largest absolute Gasteiger partial charge is 0.497 e. The number of para-hydroxylation sites is 1. The molecule has 0 atom stereocenters. The van der Waals surface area contributed by atoms with Gasteiger partial charge in [-0.2, -0.15) is 0 Å². The van der Waals surface area contributed by atoms with Gasteiger partial charge in [0.15, 0.2) is 6.61 Å². The van der Waals surface area contributed by atoms with Crippen LogP contribution in [0.2, 0.25) is 0 Å². The number of carbonyl (C=O) groups excluding carboxylic acids is 3. The number of benzene rings is 2. The summed E-state index contributed by atoms with van der Waals surface area (Å²) in [6, 6.07) is 20.5. The first-order chi connectivity index (χ1) is 17.5. The molecule has 1 aliphatic heterocycles. The minimum absolute atomic E-state index is 0.0344. The fraction of sp³-hybridized carbons (Fsp3) is 0.321. The number of likely N-dealkylation sites (tertiary alicyclic amines) is 1. The van der Waals surface area contributed by atoms with Gasteiger partial charge in [-0.15, -0.1) is 0 Å². The third-order valence-corrected chi connectivity index (χ3v) is 6.23. The molecule has 2 heterocycles. The van der Waals surface area contributed by atoms with Gasteiger partial charge in [0, 0.05) is 36.7 Å². The normalized spacial score (nSPS) is 13.8. The van der Waals surface area contributed by atoms with Crippen LogP contribution in [0.25, 0.3) is 11.3 Å². The van der Waals surface area contributed by atoms with Gasteiger partial charge in [0.1, 0.15) is 17.3 Å². The van der Waals surface area contributed by atoms with E-state index >= 15 is 0 Å². The molecule has 3 aromatic rings. The molecule has 0 bridgehead atoms. The van der Waals surface area contributed by atoms with Gasteiger partial charge >= 0.3 is 5.97 Å². The summed E-state index contributed by atoms with van der Waals surface area (Å²) >= 11 is 0. The quantitative estimate of drug-likeness (QED) is 0.449. The van der Waals surface area contributed by atoms with E-state index < -0.39 is 5.97 Å². The third kappa shape index (κ3) is 6.75. The first-order valence-electron chi connectivity index (χ1n) is 12.0. The molecular formula is C28H30N2O6. The second-order valence-corrected chi connectivity index (χ2v) is 8.67. The van der Waals surface area contributed by atoms with Crippen LogP contribution in [0.1, 0.15) is 25.0 Å². The van der Waals surface area contributed by atoms with Crippen LogP contribution in [-0.4, -0.2) is 49.5 Å². The lowest BCUT2D eigenvalue weighted by Crippen LogP contribution is -2.43. The second kappa shape index (κ2) is 12.1. The van der Waals surface area contributed by atoms with E-state index in [1.165, 1.54) is 0 Å². The molecule has 1 aromatic heterocycles. The summed E-state index contributed by atoms with van der Waals surface area (Å²) in [5.74, 6) is 1.26. The van der Waals surface area contributed by atoms with Crippen molar-refractivity contribution in [3.05, 3.63) is 72.5 Å². The van der Waals surface area contributed by atoms with Crippen molar-refractivity contribution in [2.24, 2.45) is 5.92 Å². The molecule has 0 aliphatic carbocycles. The number of carbonyl (C=O) groups is 3. The topological polar surface area (TPSA) is 98.1 Å². The van der Waals surface area contributed by atoms with Crippen LogP contribution in [0, 0.1) is 5.92 Å². The summed E-state index contributed by atoms with van der Waals surface area (Å²) < 4.78 is 16.2. The SMILES string of the molecule is COc1ccc(-c2ccc(CCC(=O)OCC(=O)N3CCC(C(=O)Nc4ccccc4)CC3)o2)cc1. The molecule has 1 fully saturated rings. The summed E-state index contributed by atoms with van der Waals surface area (Å²) in [6.07, 6.45) is 1.65. The molecule has 8 nitrogen and oxygen atoms in total. The molecular weight excluding hydrogens is 460 g/mol. The third-order valence-electron chi connectivity index (χ3n) is 6.23. The van der Waals surface area contributed by atoms with Gasteiger partial charge in [-0.3, -0.25) is 14.4 Å². The number of furan rings is 1. The highest BCUT2D eigenvalue weighted by atomic mass is 16.5. The van der Waals surface area contributed by atoms with Gasteiger partial charge < -0.3 is 24.1 Å². The maximum atomic E-state index is 12.5. The van der Waals surface area contributed by atoms with Crippen molar-refractivity contribution in [1.82, 2.24) is 4.90 Å². The van der Waals surface area contributed by atoms with Crippen molar-refractivity contribution in [1.29, 1.82) is 0 Å². The zero-order valence-electron chi connectivity index (χ0n) is 20.3. The number of nitrogens with zero attached hydrogens (tertiary/aromatic N) is 1. The molecule has 1 saturated heterocycles. The Bertz CT molecular complexity index is 1160. The fourth-order valence-corrected chi connectivity index (χ4v) is 4.11. The highest BCUT2D eigenvalue weighted by molar-refractivity contribution is 5.92. The lowest BCUT2D eigenvalue weighted by Gasteiger charge is -2.31. The average Bonchev–Trinajstić information content (AvgIpc) is 3.40. The minimum atomic E-state index is -0.456. The first kappa shape index (κ1) is 25.0. The Balaban J connectivity index is 1.15. The smallest absolute Gasteiger partial charge is 0.306 e. The van der Waals surface area contributed by atoms with Crippen LogP contribution in [-0.2, 0) is 25.5 Å². The summed E-state index contributed by atoms with van der Waals surface area (Å²) in [5.41, 5.74) is 1.68. The molecule has 36 heavy (non-hydrogen) atoms. The number of esters is 1. The van der Waals surface area contributed by atoms with E-state index in [1.807, 2.05) is 66.7 Å². The highest BCUT2D eigenvalue weighted by Crippen LogP contribution is 2.25. The van der Waals surface area contributed by atoms with E-state index in [1.54, 1.807) is 12.0 Å². The molecule has 1 aliphatic rings. The molecule has 1 N–H and O–H groups in total. The minimum Gasteiger partial charge on any atom is -0.497 e. The Morgan fingerprint density at radius 3 is 2.39 bits per heavy atom. The predicted molar refractivity (Wildman–Crippen MR) is 134 cm³/mol. The van der Waals surface area contributed by atoms with Gasteiger partial charge in [-0.05, 0) is 61.4 Å². The van der Waals surface area contributed by atoms with Crippen LogP contribution in [0.5, 0.6) is 5.75 Å². The molecule has 4 rings (SSSR count). The number of anilines is 1. The summed E-state index contributed by atoms with van der Waals surface area (Å²) in [5, 5.41) is 2.91. The molecule has 8 heteroatoms. The van der Waals surface area contributed by atoms with Gasteiger partial charge in [-0.1, -0.05) is 18.2 Å². The second-order valence-electron chi connectivity index (χ2n) is 8.67. The number of amides is 2. The number of methoxy groups -OCH3 is 1. The summed E-state index contributed by atoms with van der Waals surface area (Å²) in [7, 11) is 1.61. The highest BCUT2D eigenvalue weighted by Gasteiger charge is 2.27. The summed E-state index contributed by atoms with van der Waals surface area (Å²) in [4.78, 5) is 38.7. The van der Waals surface area contributed by atoms with Crippen molar-refractivity contribution in [3.63, 3.8) is 0 Å². The molecule has 2 amide bonds. The predicted octanol–water partition coefficient (Wildman–Crippen LogP) is 4.31. The molecule has 0 saturated carbocycles. The standard InChI is InChI=1S/C28H30N2O6/c1-34-23-9-7-20(8-10-23)25-13-11-24(36-25)12-14-27(32)35-19-26(31)30-17-15-21(16-18-30)28(33)29-22-5-3-2-4-6-22/h2-11,13,21H,12,14-19H2,1H3,(H,29,33). The van der Waals surface area contributed by atoms with Crippen LogP contribution < -0.4 is 10.1 Å². The van der Waals surface area contributed by atoms with E-state index in [2.05, 4.69) is 5.32 Å². The molecule has 2 aromatic carbocycles. The molecule has 0 unspecified atom stereocenters. The van der Waals surface area contributed by atoms with E-state index in [0.29, 0.717) is 43.9 Å². The number of hydrogen-bond acceptors (Lipinski definition) is 6. The van der Waals surface area contributed by atoms with Crippen LogP contribution in [0.15, 0.2) is 71.1 Å². The molecule has 188 valence electrons. The van der Waals surface area contributed by atoms with Crippen LogP contribution >= 0.6 is 0 Å². The van der Waals surface area contributed by atoms with E-state index in [0.717, 1.165) is 17.0 Å². The maximum Gasteiger partial charge on any atom is 0.306 e. The number of aryl methyl sites for hydroxylation is 1. The van der Waals surface area contributed by atoms with Crippen molar-refractivity contribution in [2.75, 3.05) is 32.1 Å². The number of nitrogens with one attached hydrogen (secondary N) is 1. The van der Waals surface area contributed by atoms with E-state index in [-0.39, 0.29) is 30.8 Å². The van der Waals surface area contributed by atoms with Crippen LogP contribution in [0.4, 0.5) is 5.69 Å². The van der Waals surface area contributed by atoms with Crippen molar-refractivity contribution < 1.29 is 28.3 Å². The zero-order chi connectivity index (χ0) is 25.3. The number of rotatable bonds is 9. The lowest BCUT2D eigenvalue weighted by molar-refractivity contribution is -0.152.